The van der Waals surface area contributed by atoms with Crippen molar-refractivity contribution in [2.75, 3.05) is 19.6 Å². The number of carbonyl (C=O) groups excluding carboxylic acids is 1. The quantitative estimate of drug-likeness (QED) is 0.517. The molecule has 1 aliphatic rings. The Morgan fingerprint density at radius 1 is 1.37 bits per heavy atom. The molecule has 1 fully saturated rings. The number of piperidine rings is 1. The van der Waals surface area contributed by atoms with Crippen molar-refractivity contribution in [3.63, 3.8) is 0 Å². The molecule has 148 valence electrons. The SMILES string of the molecule is C=C(C)CC/N=C/c1cccc(F)c1C1CCN(C(=O)OC(C)(C)C)CC1. The van der Waals surface area contributed by atoms with Crippen molar-refractivity contribution < 1.29 is 13.9 Å². The first-order chi connectivity index (χ1) is 12.7. The molecule has 27 heavy (non-hydrogen) atoms. The van der Waals surface area contributed by atoms with Crippen molar-refractivity contribution in [3.05, 3.63) is 47.3 Å². The lowest BCUT2D eigenvalue weighted by Gasteiger charge is -2.34. The predicted molar refractivity (Wildman–Crippen MR) is 108 cm³/mol. The second kappa shape index (κ2) is 9.16. The highest BCUT2D eigenvalue weighted by atomic mass is 19.1. The molecule has 0 bridgehead atoms. The van der Waals surface area contributed by atoms with Gasteiger partial charge in [-0.25, -0.2) is 9.18 Å². The maximum atomic E-state index is 14.6. The number of halogens is 1. The minimum Gasteiger partial charge on any atom is -0.444 e. The number of hydrogen-bond donors (Lipinski definition) is 0. The lowest BCUT2D eigenvalue weighted by Crippen LogP contribution is -2.41. The first-order valence-corrected chi connectivity index (χ1v) is 9.58. The first-order valence-electron chi connectivity index (χ1n) is 9.58. The second-order valence-electron chi connectivity index (χ2n) is 8.23. The second-order valence-corrected chi connectivity index (χ2v) is 8.23. The van der Waals surface area contributed by atoms with E-state index in [0.717, 1.165) is 17.6 Å². The molecule has 0 radical (unpaired) electrons. The summed E-state index contributed by atoms with van der Waals surface area (Å²) in [6, 6.07) is 5.12. The van der Waals surface area contributed by atoms with Crippen molar-refractivity contribution in [2.24, 2.45) is 4.99 Å². The first kappa shape index (κ1) is 21.1. The number of amides is 1. The van der Waals surface area contributed by atoms with E-state index >= 15 is 0 Å². The Hall–Kier alpha value is -2.17. The summed E-state index contributed by atoms with van der Waals surface area (Å²) in [5, 5.41) is 0. The summed E-state index contributed by atoms with van der Waals surface area (Å²) in [5.41, 5.74) is 2.11. The average molecular weight is 375 g/mol. The molecule has 0 atom stereocenters. The smallest absolute Gasteiger partial charge is 0.410 e. The van der Waals surface area contributed by atoms with Gasteiger partial charge in [0.15, 0.2) is 0 Å². The van der Waals surface area contributed by atoms with Gasteiger partial charge in [-0.05, 0) is 70.1 Å². The number of benzene rings is 1. The van der Waals surface area contributed by atoms with Gasteiger partial charge in [-0.1, -0.05) is 17.7 Å². The van der Waals surface area contributed by atoms with Crippen molar-refractivity contribution >= 4 is 12.3 Å². The summed E-state index contributed by atoms with van der Waals surface area (Å²) in [7, 11) is 0. The summed E-state index contributed by atoms with van der Waals surface area (Å²) in [6.45, 7) is 13.2. The van der Waals surface area contributed by atoms with Gasteiger partial charge >= 0.3 is 6.09 Å². The van der Waals surface area contributed by atoms with Crippen LogP contribution in [0.5, 0.6) is 0 Å². The Balaban J connectivity index is 2.05. The Morgan fingerprint density at radius 3 is 2.63 bits per heavy atom. The zero-order valence-corrected chi connectivity index (χ0v) is 16.9. The molecule has 2 rings (SSSR count). The van der Waals surface area contributed by atoms with E-state index in [1.165, 1.54) is 6.07 Å². The monoisotopic (exact) mass is 374 g/mol. The van der Waals surface area contributed by atoms with Crippen LogP contribution in [0.4, 0.5) is 9.18 Å². The molecule has 0 unspecified atom stereocenters. The van der Waals surface area contributed by atoms with E-state index in [1.807, 2.05) is 33.8 Å². The lowest BCUT2D eigenvalue weighted by atomic mass is 9.86. The van der Waals surface area contributed by atoms with Crippen LogP contribution in [0, 0.1) is 5.82 Å². The van der Waals surface area contributed by atoms with Gasteiger partial charge in [0, 0.05) is 25.8 Å². The van der Waals surface area contributed by atoms with E-state index in [2.05, 4.69) is 11.6 Å². The number of carbonyl (C=O) groups is 1. The zero-order valence-electron chi connectivity index (χ0n) is 16.9. The highest BCUT2D eigenvalue weighted by molar-refractivity contribution is 5.82. The fourth-order valence-electron chi connectivity index (χ4n) is 3.19. The molecule has 1 aromatic carbocycles. The molecule has 0 N–H and O–H groups in total. The van der Waals surface area contributed by atoms with Gasteiger partial charge in [0.25, 0.3) is 0 Å². The lowest BCUT2D eigenvalue weighted by molar-refractivity contribution is 0.0204. The summed E-state index contributed by atoms with van der Waals surface area (Å²) in [6.07, 6.45) is 3.73. The van der Waals surface area contributed by atoms with Crippen LogP contribution in [0.25, 0.3) is 0 Å². The van der Waals surface area contributed by atoms with Crippen LogP contribution < -0.4 is 0 Å². The summed E-state index contributed by atoms with van der Waals surface area (Å²) in [5.74, 6) is -0.123. The van der Waals surface area contributed by atoms with Crippen LogP contribution in [-0.4, -0.2) is 42.4 Å². The highest BCUT2D eigenvalue weighted by Crippen LogP contribution is 2.32. The van der Waals surface area contributed by atoms with Gasteiger partial charge in [-0.2, -0.15) is 0 Å². The Kier molecular flexibility index (Phi) is 7.17. The summed E-state index contributed by atoms with van der Waals surface area (Å²) >= 11 is 0. The molecule has 0 saturated carbocycles. The number of ether oxygens (including phenoxy) is 1. The normalized spacial score (nSPS) is 16.0. The van der Waals surface area contributed by atoms with Gasteiger partial charge in [0.1, 0.15) is 11.4 Å². The van der Waals surface area contributed by atoms with Crippen LogP contribution in [-0.2, 0) is 4.74 Å². The summed E-state index contributed by atoms with van der Waals surface area (Å²) < 4.78 is 20.0. The topological polar surface area (TPSA) is 41.9 Å². The molecule has 1 saturated heterocycles. The molecular weight excluding hydrogens is 343 g/mol. The van der Waals surface area contributed by atoms with Crippen molar-refractivity contribution in [1.82, 2.24) is 4.90 Å². The third kappa shape index (κ3) is 6.49. The van der Waals surface area contributed by atoms with Crippen LogP contribution in [0.3, 0.4) is 0 Å². The van der Waals surface area contributed by atoms with Gasteiger partial charge in [0.05, 0.1) is 0 Å². The Bertz CT molecular complexity index is 699. The predicted octanol–water partition coefficient (Wildman–Crippen LogP) is 5.33. The molecule has 1 aliphatic heterocycles. The third-order valence-corrected chi connectivity index (χ3v) is 4.54. The molecule has 0 aromatic heterocycles. The highest BCUT2D eigenvalue weighted by Gasteiger charge is 2.29. The van der Waals surface area contributed by atoms with E-state index in [9.17, 15) is 9.18 Å². The average Bonchev–Trinajstić information content (AvgIpc) is 2.57. The number of rotatable bonds is 5. The minimum atomic E-state index is -0.507. The van der Waals surface area contributed by atoms with Crippen molar-refractivity contribution in [3.8, 4) is 0 Å². The molecule has 1 amide bonds. The van der Waals surface area contributed by atoms with Gasteiger partial charge in [-0.3, -0.25) is 4.99 Å². The minimum absolute atomic E-state index is 0.0764. The number of hydrogen-bond acceptors (Lipinski definition) is 3. The van der Waals surface area contributed by atoms with Gasteiger partial charge in [0.2, 0.25) is 0 Å². The number of nitrogens with zero attached hydrogens (tertiary/aromatic N) is 2. The maximum Gasteiger partial charge on any atom is 0.410 e. The van der Waals surface area contributed by atoms with Crippen LogP contribution in [0.15, 0.2) is 35.3 Å². The fourth-order valence-corrected chi connectivity index (χ4v) is 3.19. The molecule has 4 nitrogen and oxygen atoms in total. The fraction of sp³-hybridized carbons (Fsp3) is 0.545. The van der Waals surface area contributed by atoms with Crippen LogP contribution in [0.1, 0.15) is 64.0 Å². The molecule has 0 aliphatic carbocycles. The summed E-state index contributed by atoms with van der Waals surface area (Å²) in [4.78, 5) is 18.4. The number of aliphatic imine (C=N–C) groups is 1. The van der Waals surface area contributed by atoms with Crippen molar-refractivity contribution in [1.29, 1.82) is 0 Å². The van der Waals surface area contributed by atoms with Crippen molar-refractivity contribution in [2.45, 2.75) is 58.5 Å². The Morgan fingerprint density at radius 2 is 2.04 bits per heavy atom. The molecular formula is C22H31FN2O2. The van der Waals surface area contributed by atoms with E-state index in [0.29, 0.717) is 38.0 Å². The van der Waals surface area contributed by atoms with E-state index in [-0.39, 0.29) is 17.8 Å². The van der Waals surface area contributed by atoms with Gasteiger partial charge < -0.3 is 9.64 Å². The van der Waals surface area contributed by atoms with E-state index in [4.69, 9.17) is 4.74 Å². The maximum absolute atomic E-state index is 14.6. The van der Waals surface area contributed by atoms with E-state index in [1.54, 1.807) is 17.2 Å². The van der Waals surface area contributed by atoms with Crippen LogP contribution >= 0.6 is 0 Å². The zero-order chi connectivity index (χ0) is 20.0. The van der Waals surface area contributed by atoms with Crippen LogP contribution in [0.2, 0.25) is 0 Å². The number of likely N-dealkylation sites (tertiary alicyclic amines) is 1. The van der Waals surface area contributed by atoms with E-state index < -0.39 is 5.60 Å². The molecule has 0 spiro atoms. The molecule has 1 heterocycles. The standard InChI is InChI=1S/C22H31FN2O2/c1-16(2)9-12-24-15-18-7-6-8-19(23)20(18)17-10-13-25(14-11-17)21(26)27-22(3,4)5/h6-8,15,17H,1,9-14H2,2-5H3/b24-15+. The molecule has 5 heteroatoms. The van der Waals surface area contributed by atoms with Gasteiger partial charge in [-0.15, -0.1) is 6.58 Å². The largest absolute Gasteiger partial charge is 0.444 e. The molecule has 1 aromatic rings. The Labute approximate surface area is 162 Å². The third-order valence-electron chi connectivity index (χ3n) is 4.54.